The summed E-state index contributed by atoms with van der Waals surface area (Å²) < 4.78 is 32.8. The summed E-state index contributed by atoms with van der Waals surface area (Å²) in [4.78, 5) is 15.6. The molecule has 0 bridgehead atoms. The van der Waals surface area contributed by atoms with Gasteiger partial charge in [0.05, 0.1) is 23.3 Å². The lowest BCUT2D eigenvalue weighted by Gasteiger charge is -2.27. The van der Waals surface area contributed by atoms with Crippen LogP contribution in [0.1, 0.15) is 35.4 Å². The van der Waals surface area contributed by atoms with E-state index in [9.17, 15) is 13.2 Å². The summed E-state index contributed by atoms with van der Waals surface area (Å²) in [6.45, 7) is 1.51. The maximum absolute atomic E-state index is 12.9. The van der Waals surface area contributed by atoms with Crippen LogP contribution in [0.25, 0.3) is 0 Å². The van der Waals surface area contributed by atoms with Crippen molar-refractivity contribution in [2.75, 3.05) is 19.3 Å². The second-order valence-corrected chi connectivity index (χ2v) is 8.73. The number of furan rings is 1. The molecule has 0 unspecified atom stereocenters. The molecular formula is C18H22N2O4S2. The van der Waals surface area contributed by atoms with Gasteiger partial charge < -0.3 is 9.32 Å². The van der Waals surface area contributed by atoms with Crippen molar-refractivity contribution in [2.45, 2.75) is 35.6 Å². The predicted octanol–water partition coefficient (Wildman–Crippen LogP) is 3.11. The fourth-order valence-corrected chi connectivity index (χ4v) is 4.54. The summed E-state index contributed by atoms with van der Waals surface area (Å²) in [7, 11) is -3.74. The molecule has 140 valence electrons. The average molecular weight is 395 g/mol. The van der Waals surface area contributed by atoms with E-state index in [1.807, 2.05) is 11.2 Å². The predicted molar refractivity (Wildman–Crippen MR) is 101 cm³/mol. The number of sulfonamides is 1. The number of piperidine rings is 1. The van der Waals surface area contributed by atoms with Crippen LogP contribution >= 0.6 is 11.8 Å². The van der Waals surface area contributed by atoms with E-state index in [0.717, 1.165) is 37.2 Å². The SMILES string of the molecule is CSc1ccc(S(=O)(=O)NCc2ccco2)cc1C(=O)N1CCCCC1. The maximum atomic E-state index is 12.9. The summed E-state index contributed by atoms with van der Waals surface area (Å²) in [6.07, 6.45) is 6.48. The minimum absolute atomic E-state index is 0.0645. The Balaban J connectivity index is 1.84. The van der Waals surface area contributed by atoms with Gasteiger partial charge in [-0.3, -0.25) is 4.79 Å². The molecule has 0 saturated carbocycles. The molecule has 1 amide bonds. The maximum Gasteiger partial charge on any atom is 0.255 e. The molecule has 3 rings (SSSR count). The Labute approximate surface area is 158 Å². The van der Waals surface area contributed by atoms with Crippen LogP contribution in [0.5, 0.6) is 0 Å². The van der Waals surface area contributed by atoms with E-state index in [-0.39, 0.29) is 17.3 Å². The van der Waals surface area contributed by atoms with Gasteiger partial charge in [-0.05, 0) is 55.9 Å². The van der Waals surface area contributed by atoms with Gasteiger partial charge in [-0.2, -0.15) is 0 Å². The molecule has 2 aromatic rings. The van der Waals surface area contributed by atoms with Crippen LogP contribution in [-0.4, -0.2) is 38.6 Å². The van der Waals surface area contributed by atoms with E-state index in [1.54, 1.807) is 18.2 Å². The molecule has 0 radical (unpaired) electrons. The van der Waals surface area contributed by atoms with E-state index in [4.69, 9.17) is 4.42 Å². The topological polar surface area (TPSA) is 79.6 Å². The number of amides is 1. The van der Waals surface area contributed by atoms with Gasteiger partial charge in [0, 0.05) is 18.0 Å². The number of hydrogen-bond donors (Lipinski definition) is 1. The van der Waals surface area contributed by atoms with Gasteiger partial charge in [-0.15, -0.1) is 11.8 Å². The van der Waals surface area contributed by atoms with E-state index in [1.165, 1.54) is 30.2 Å². The quantitative estimate of drug-likeness (QED) is 0.762. The van der Waals surface area contributed by atoms with Crippen molar-refractivity contribution in [3.63, 3.8) is 0 Å². The first-order valence-electron chi connectivity index (χ1n) is 8.50. The second-order valence-electron chi connectivity index (χ2n) is 6.12. The van der Waals surface area contributed by atoms with E-state index in [0.29, 0.717) is 11.3 Å². The number of nitrogens with zero attached hydrogens (tertiary/aromatic N) is 1. The number of thioether (sulfide) groups is 1. The standard InChI is InChI=1S/C18H22N2O4S2/c1-25-17-8-7-15(26(22,23)19-13-14-6-5-11-24-14)12-16(17)18(21)20-9-3-2-4-10-20/h5-8,11-12,19H,2-4,9-10,13H2,1H3. The monoisotopic (exact) mass is 394 g/mol. The second kappa shape index (κ2) is 8.28. The van der Waals surface area contributed by atoms with Crippen LogP contribution < -0.4 is 4.72 Å². The highest BCUT2D eigenvalue weighted by molar-refractivity contribution is 7.98. The smallest absolute Gasteiger partial charge is 0.255 e. The Morgan fingerprint density at radius 1 is 1.23 bits per heavy atom. The van der Waals surface area contributed by atoms with E-state index >= 15 is 0 Å². The zero-order valence-corrected chi connectivity index (χ0v) is 16.2. The number of carbonyl (C=O) groups is 1. The molecule has 1 fully saturated rings. The number of nitrogens with one attached hydrogen (secondary N) is 1. The highest BCUT2D eigenvalue weighted by Gasteiger charge is 2.23. The minimum Gasteiger partial charge on any atom is -0.468 e. The number of hydrogen-bond acceptors (Lipinski definition) is 5. The molecule has 0 atom stereocenters. The van der Waals surface area contributed by atoms with Gasteiger partial charge in [0.15, 0.2) is 0 Å². The van der Waals surface area contributed by atoms with Crippen molar-refractivity contribution in [1.29, 1.82) is 0 Å². The van der Waals surface area contributed by atoms with Crippen molar-refractivity contribution >= 4 is 27.7 Å². The first kappa shape index (κ1) is 19.0. The highest BCUT2D eigenvalue weighted by Crippen LogP contribution is 2.26. The van der Waals surface area contributed by atoms with Gasteiger partial charge in [0.1, 0.15) is 5.76 Å². The molecule has 8 heteroatoms. The minimum atomic E-state index is -3.74. The van der Waals surface area contributed by atoms with E-state index in [2.05, 4.69) is 4.72 Å². The molecule has 1 N–H and O–H groups in total. The van der Waals surface area contributed by atoms with Crippen molar-refractivity contribution in [3.8, 4) is 0 Å². The van der Waals surface area contributed by atoms with Gasteiger partial charge in [0.2, 0.25) is 10.0 Å². The molecule has 2 heterocycles. The lowest BCUT2D eigenvalue weighted by Crippen LogP contribution is -2.36. The highest BCUT2D eigenvalue weighted by atomic mass is 32.2. The third kappa shape index (κ3) is 4.31. The third-order valence-electron chi connectivity index (χ3n) is 4.37. The van der Waals surface area contributed by atoms with Gasteiger partial charge in [-0.25, -0.2) is 13.1 Å². The number of carbonyl (C=O) groups excluding carboxylic acids is 1. The van der Waals surface area contributed by atoms with E-state index < -0.39 is 10.0 Å². The Bertz CT molecular complexity index is 857. The van der Waals surface area contributed by atoms with Crippen LogP contribution in [0, 0.1) is 0 Å². The molecule has 26 heavy (non-hydrogen) atoms. The number of likely N-dealkylation sites (tertiary alicyclic amines) is 1. The van der Waals surface area contributed by atoms with Crippen LogP contribution in [0.2, 0.25) is 0 Å². The number of benzene rings is 1. The van der Waals surface area contributed by atoms with Crippen molar-refractivity contribution in [2.24, 2.45) is 0 Å². The molecule has 1 aliphatic heterocycles. The zero-order valence-electron chi connectivity index (χ0n) is 14.6. The van der Waals surface area contributed by atoms with Crippen LogP contribution in [0.15, 0.2) is 50.8 Å². The average Bonchev–Trinajstić information content (AvgIpc) is 3.20. The van der Waals surface area contributed by atoms with Crippen molar-refractivity contribution < 1.29 is 17.6 Å². The Morgan fingerprint density at radius 2 is 2.00 bits per heavy atom. The summed E-state index contributed by atoms with van der Waals surface area (Å²) in [6, 6.07) is 8.11. The van der Waals surface area contributed by atoms with Gasteiger partial charge in [-0.1, -0.05) is 0 Å². The molecule has 1 aromatic carbocycles. The Hall–Kier alpha value is -1.77. The molecule has 0 aliphatic carbocycles. The Morgan fingerprint density at radius 3 is 2.65 bits per heavy atom. The fraction of sp³-hybridized carbons (Fsp3) is 0.389. The summed E-state index contributed by atoms with van der Waals surface area (Å²) in [5.74, 6) is 0.427. The van der Waals surface area contributed by atoms with Crippen LogP contribution in [-0.2, 0) is 16.6 Å². The normalized spacial score (nSPS) is 15.2. The van der Waals surface area contributed by atoms with Gasteiger partial charge >= 0.3 is 0 Å². The molecular weight excluding hydrogens is 372 g/mol. The molecule has 0 spiro atoms. The number of rotatable bonds is 6. The third-order valence-corrected chi connectivity index (χ3v) is 6.57. The first-order valence-corrected chi connectivity index (χ1v) is 11.2. The fourth-order valence-electron chi connectivity index (χ4n) is 2.95. The van der Waals surface area contributed by atoms with Crippen LogP contribution in [0.4, 0.5) is 0 Å². The molecule has 1 saturated heterocycles. The molecule has 1 aliphatic rings. The lowest BCUT2D eigenvalue weighted by molar-refractivity contribution is 0.0720. The first-order chi connectivity index (χ1) is 12.5. The molecule has 6 nitrogen and oxygen atoms in total. The van der Waals surface area contributed by atoms with Crippen molar-refractivity contribution in [1.82, 2.24) is 9.62 Å². The zero-order chi connectivity index (χ0) is 18.6. The summed E-state index contributed by atoms with van der Waals surface area (Å²) in [5.41, 5.74) is 0.445. The Kier molecular flexibility index (Phi) is 6.05. The lowest BCUT2D eigenvalue weighted by atomic mass is 10.1. The molecule has 1 aromatic heterocycles. The van der Waals surface area contributed by atoms with Gasteiger partial charge in [0.25, 0.3) is 5.91 Å². The summed E-state index contributed by atoms with van der Waals surface area (Å²) >= 11 is 1.44. The summed E-state index contributed by atoms with van der Waals surface area (Å²) in [5, 5.41) is 0. The van der Waals surface area contributed by atoms with Crippen molar-refractivity contribution in [3.05, 3.63) is 47.9 Å². The largest absolute Gasteiger partial charge is 0.468 e. The van der Waals surface area contributed by atoms with Crippen LogP contribution in [0.3, 0.4) is 0 Å².